The summed E-state index contributed by atoms with van der Waals surface area (Å²) in [4.78, 5) is 8.18. The highest BCUT2D eigenvalue weighted by atomic mass is 32.1. The minimum absolute atomic E-state index is 0.289. The number of anilines is 1. The maximum absolute atomic E-state index is 10.0. The number of rotatable bonds is 3. The molecule has 4 nitrogen and oxygen atoms in total. The third-order valence-electron chi connectivity index (χ3n) is 3.96. The number of ether oxygens (including phenoxy) is 1. The second kappa shape index (κ2) is 5.77. The molecule has 19 heavy (non-hydrogen) atoms. The molecule has 2 unspecified atom stereocenters. The summed E-state index contributed by atoms with van der Waals surface area (Å²) >= 11 is 1.68. The van der Waals surface area contributed by atoms with Crippen LogP contribution >= 0.6 is 11.3 Å². The summed E-state index contributed by atoms with van der Waals surface area (Å²) < 4.78 is 5.74. The van der Waals surface area contributed by atoms with E-state index in [1.54, 1.807) is 11.3 Å². The van der Waals surface area contributed by atoms with E-state index in [0.717, 1.165) is 67.5 Å². The summed E-state index contributed by atoms with van der Waals surface area (Å²) in [7, 11) is 0. The quantitative estimate of drug-likeness (QED) is 0.925. The highest BCUT2D eigenvalue weighted by molar-refractivity contribution is 7.15. The molecule has 0 amide bonds. The van der Waals surface area contributed by atoms with Gasteiger partial charge in [-0.3, -0.25) is 0 Å². The highest BCUT2D eigenvalue weighted by Crippen LogP contribution is 2.38. The van der Waals surface area contributed by atoms with Crippen molar-refractivity contribution >= 4 is 16.5 Å². The van der Waals surface area contributed by atoms with Crippen molar-refractivity contribution in [1.82, 2.24) is 4.98 Å². The Morgan fingerprint density at radius 3 is 3.11 bits per heavy atom. The van der Waals surface area contributed by atoms with Crippen LogP contribution in [-0.2, 0) is 11.2 Å². The SMILES string of the molecule is CCOC1CCCN(c2nc3c(s2)C(O)CCC3)C1. The Bertz CT molecular complexity index is 433. The van der Waals surface area contributed by atoms with E-state index in [2.05, 4.69) is 11.8 Å². The standard InChI is InChI=1S/C14H22N2O2S/c1-2-18-10-5-4-8-16(9-10)14-15-11-6-3-7-12(17)13(11)19-14/h10,12,17H,2-9H2,1H3. The van der Waals surface area contributed by atoms with Gasteiger partial charge in [-0.1, -0.05) is 11.3 Å². The topological polar surface area (TPSA) is 45.6 Å². The van der Waals surface area contributed by atoms with Gasteiger partial charge in [-0.25, -0.2) is 4.98 Å². The number of aliphatic hydroxyl groups excluding tert-OH is 1. The van der Waals surface area contributed by atoms with Crippen molar-refractivity contribution in [1.29, 1.82) is 0 Å². The van der Waals surface area contributed by atoms with Crippen LogP contribution in [-0.4, -0.2) is 35.9 Å². The van der Waals surface area contributed by atoms with Crippen LogP contribution < -0.4 is 4.90 Å². The molecule has 0 bridgehead atoms. The Balaban J connectivity index is 1.75. The first-order chi connectivity index (χ1) is 9.28. The van der Waals surface area contributed by atoms with E-state index in [9.17, 15) is 5.11 Å². The number of piperidine rings is 1. The summed E-state index contributed by atoms with van der Waals surface area (Å²) in [5, 5.41) is 11.1. The summed E-state index contributed by atoms with van der Waals surface area (Å²) in [6.45, 7) is 4.84. The first kappa shape index (κ1) is 13.3. The zero-order valence-corrected chi connectivity index (χ0v) is 12.3. The summed E-state index contributed by atoms with van der Waals surface area (Å²) in [6, 6.07) is 0. The van der Waals surface area contributed by atoms with E-state index in [0.29, 0.717) is 6.10 Å². The highest BCUT2D eigenvalue weighted by Gasteiger charge is 2.27. The van der Waals surface area contributed by atoms with Crippen LogP contribution in [0.15, 0.2) is 0 Å². The van der Waals surface area contributed by atoms with Crippen LogP contribution in [0.3, 0.4) is 0 Å². The van der Waals surface area contributed by atoms with Gasteiger partial charge in [-0.05, 0) is 39.0 Å². The Kier molecular flexibility index (Phi) is 4.05. The first-order valence-electron chi connectivity index (χ1n) is 7.32. The predicted octanol–water partition coefficient (Wildman–Crippen LogP) is 2.52. The first-order valence-corrected chi connectivity index (χ1v) is 8.13. The Labute approximate surface area is 118 Å². The number of hydrogen-bond acceptors (Lipinski definition) is 5. The van der Waals surface area contributed by atoms with Gasteiger partial charge in [0.15, 0.2) is 5.13 Å². The molecule has 1 aliphatic heterocycles. The van der Waals surface area contributed by atoms with Crippen LogP contribution in [0, 0.1) is 0 Å². The van der Waals surface area contributed by atoms with Gasteiger partial charge in [0.05, 0.1) is 22.8 Å². The smallest absolute Gasteiger partial charge is 0.185 e. The second-order valence-corrected chi connectivity index (χ2v) is 6.39. The number of aryl methyl sites for hydroxylation is 1. The molecule has 5 heteroatoms. The number of thiazole rings is 1. The van der Waals surface area contributed by atoms with Crippen LogP contribution in [0.4, 0.5) is 5.13 Å². The van der Waals surface area contributed by atoms with Crippen molar-refractivity contribution in [2.24, 2.45) is 0 Å². The van der Waals surface area contributed by atoms with Gasteiger partial charge >= 0.3 is 0 Å². The lowest BCUT2D eigenvalue weighted by Crippen LogP contribution is -2.39. The molecule has 2 heterocycles. The van der Waals surface area contributed by atoms with Gasteiger partial charge in [0, 0.05) is 19.7 Å². The zero-order valence-electron chi connectivity index (χ0n) is 11.5. The molecule has 0 spiro atoms. The molecule has 1 saturated heterocycles. The van der Waals surface area contributed by atoms with Crippen LogP contribution in [0.25, 0.3) is 0 Å². The fourth-order valence-corrected chi connectivity index (χ4v) is 4.17. The predicted molar refractivity (Wildman–Crippen MR) is 76.9 cm³/mol. The van der Waals surface area contributed by atoms with Crippen LogP contribution in [0.2, 0.25) is 0 Å². The molecule has 2 aliphatic rings. The van der Waals surface area contributed by atoms with Crippen molar-refractivity contribution in [2.75, 3.05) is 24.6 Å². The molecule has 1 aromatic heterocycles. The minimum atomic E-state index is -0.289. The molecule has 106 valence electrons. The number of hydrogen-bond donors (Lipinski definition) is 1. The minimum Gasteiger partial charge on any atom is -0.388 e. The van der Waals surface area contributed by atoms with Crippen molar-refractivity contribution in [3.8, 4) is 0 Å². The molecule has 0 radical (unpaired) electrons. The van der Waals surface area contributed by atoms with E-state index in [1.165, 1.54) is 0 Å². The third kappa shape index (κ3) is 2.78. The van der Waals surface area contributed by atoms with E-state index in [4.69, 9.17) is 9.72 Å². The number of aliphatic hydroxyl groups is 1. The summed E-state index contributed by atoms with van der Waals surface area (Å²) in [6.07, 6.45) is 5.32. The van der Waals surface area contributed by atoms with Crippen LogP contribution in [0.5, 0.6) is 0 Å². The van der Waals surface area contributed by atoms with Crippen molar-refractivity contribution in [3.63, 3.8) is 0 Å². The lowest BCUT2D eigenvalue weighted by atomic mass is 10.0. The van der Waals surface area contributed by atoms with E-state index < -0.39 is 0 Å². The maximum atomic E-state index is 10.0. The average Bonchev–Trinajstić information content (AvgIpc) is 2.85. The van der Waals surface area contributed by atoms with Crippen molar-refractivity contribution < 1.29 is 9.84 Å². The third-order valence-corrected chi connectivity index (χ3v) is 5.22. The number of aromatic nitrogens is 1. The second-order valence-electron chi connectivity index (χ2n) is 5.38. The van der Waals surface area contributed by atoms with E-state index in [-0.39, 0.29) is 6.10 Å². The molecule has 1 N–H and O–H groups in total. The molecule has 3 rings (SSSR count). The van der Waals surface area contributed by atoms with Crippen molar-refractivity contribution in [2.45, 2.75) is 51.2 Å². The monoisotopic (exact) mass is 282 g/mol. The van der Waals surface area contributed by atoms with Crippen molar-refractivity contribution in [3.05, 3.63) is 10.6 Å². The largest absolute Gasteiger partial charge is 0.388 e. The number of nitrogens with zero attached hydrogens (tertiary/aromatic N) is 2. The molecule has 0 saturated carbocycles. The number of fused-ring (bicyclic) bond motifs is 1. The Hall–Kier alpha value is -0.650. The summed E-state index contributed by atoms with van der Waals surface area (Å²) in [5.41, 5.74) is 1.12. The zero-order chi connectivity index (χ0) is 13.2. The van der Waals surface area contributed by atoms with Gasteiger partial charge < -0.3 is 14.7 Å². The Morgan fingerprint density at radius 2 is 2.32 bits per heavy atom. The lowest BCUT2D eigenvalue weighted by Gasteiger charge is -2.32. The fraction of sp³-hybridized carbons (Fsp3) is 0.786. The molecule has 1 aromatic rings. The fourth-order valence-electron chi connectivity index (χ4n) is 3.00. The van der Waals surface area contributed by atoms with Gasteiger partial charge in [0.25, 0.3) is 0 Å². The van der Waals surface area contributed by atoms with Gasteiger partial charge in [-0.2, -0.15) is 0 Å². The van der Waals surface area contributed by atoms with E-state index >= 15 is 0 Å². The molecular formula is C14H22N2O2S. The summed E-state index contributed by atoms with van der Waals surface area (Å²) in [5.74, 6) is 0. The van der Waals surface area contributed by atoms with Gasteiger partial charge in [-0.15, -0.1) is 0 Å². The molecule has 1 aliphatic carbocycles. The maximum Gasteiger partial charge on any atom is 0.185 e. The molecular weight excluding hydrogens is 260 g/mol. The van der Waals surface area contributed by atoms with E-state index in [1.807, 2.05) is 0 Å². The lowest BCUT2D eigenvalue weighted by molar-refractivity contribution is 0.0526. The van der Waals surface area contributed by atoms with Crippen LogP contribution in [0.1, 0.15) is 49.3 Å². The van der Waals surface area contributed by atoms with Gasteiger partial charge in [0.1, 0.15) is 0 Å². The van der Waals surface area contributed by atoms with Gasteiger partial charge in [0.2, 0.25) is 0 Å². The molecule has 0 aromatic carbocycles. The molecule has 1 fully saturated rings. The average molecular weight is 282 g/mol. The normalized spacial score (nSPS) is 27.4. The Morgan fingerprint density at radius 1 is 1.42 bits per heavy atom. The molecule has 2 atom stereocenters.